The molecule has 0 aliphatic carbocycles. The van der Waals surface area contributed by atoms with Gasteiger partial charge in [-0.3, -0.25) is 0 Å². The van der Waals surface area contributed by atoms with Crippen LogP contribution in [0, 0.1) is 0 Å². The van der Waals surface area contributed by atoms with Crippen LogP contribution in [0.15, 0.2) is 67.1 Å². The van der Waals surface area contributed by atoms with Crippen LogP contribution in [0.25, 0.3) is 0 Å². The Morgan fingerprint density at radius 3 is 2.62 bits per heavy atom. The van der Waals surface area contributed by atoms with Crippen molar-refractivity contribution in [3.8, 4) is 0 Å². The van der Waals surface area contributed by atoms with Crippen molar-refractivity contribution in [2.75, 3.05) is 13.2 Å². The van der Waals surface area contributed by atoms with Crippen LogP contribution in [0.1, 0.15) is 29.7 Å². The van der Waals surface area contributed by atoms with Crippen molar-refractivity contribution in [2.45, 2.75) is 19.4 Å². The standard InChI is InChI=1S/C19H21NO/c1-3-21-15(2)20-14-13-16-9-7-8-12-18(16)19(20)17-10-5-4-6-11-17/h4-12,19H,2-3,13-14H2,1H3. The summed E-state index contributed by atoms with van der Waals surface area (Å²) in [6, 6.07) is 19.5. The largest absolute Gasteiger partial charge is 0.480 e. The SMILES string of the molecule is C=C(OCC)N1CCc2ccccc2C1c1ccccc1. The molecule has 108 valence electrons. The number of rotatable bonds is 4. The molecule has 2 aromatic carbocycles. The summed E-state index contributed by atoms with van der Waals surface area (Å²) in [5.74, 6) is 0.765. The Morgan fingerprint density at radius 2 is 1.86 bits per heavy atom. The lowest BCUT2D eigenvalue weighted by molar-refractivity contribution is 0.0990. The first-order valence-electron chi connectivity index (χ1n) is 7.52. The third-order valence-corrected chi connectivity index (χ3v) is 4.03. The average Bonchev–Trinajstić information content (AvgIpc) is 2.55. The first kappa shape index (κ1) is 13.7. The van der Waals surface area contributed by atoms with Crippen molar-refractivity contribution in [3.05, 3.63) is 83.7 Å². The molecule has 0 radical (unpaired) electrons. The first-order valence-corrected chi connectivity index (χ1v) is 7.52. The van der Waals surface area contributed by atoms with Crippen LogP contribution in [0.5, 0.6) is 0 Å². The van der Waals surface area contributed by atoms with Crippen molar-refractivity contribution in [1.29, 1.82) is 0 Å². The molecule has 0 saturated carbocycles. The maximum absolute atomic E-state index is 5.68. The number of hydrogen-bond donors (Lipinski definition) is 0. The van der Waals surface area contributed by atoms with Gasteiger partial charge >= 0.3 is 0 Å². The molecule has 0 aromatic heterocycles. The molecule has 1 atom stereocenters. The predicted octanol–water partition coefficient (Wildman–Crippen LogP) is 4.14. The quantitative estimate of drug-likeness (QED) is 0.780. The second-order valence-electron chi connectivity index (χ2n) is 5.28. The van der Waals surface area contributed by atoms with Gasteiger partial charge in [0.15, 0.2) is 5.88 Å². The summed E-state index contributed by atoms with van der Waals surface area (Å²) < 4.78 is 5.68. The Hall–Kier alpha value is -2.22. The molecule has 0 fully saturated rings. The van der Waals surface area contributed by atoms with Gasteiger partial charge in [0.2, 0.25) is 0 Å². The Balaban J connectivity index is 2.05. The third-order valence-electron chi connectivity index (χ3n) is 4.03. The smallest absolute Gasteiger partial charge is 0.182 e. The Morgan fingerprint density at radius 1 is 1.14 bits per heavy atom. The van der Waals surface area contributed by atoms with E-state index in [0.29, 0.717) is 6.61 Å². The van der Waals surface area contributed by atoms with Crippen LogP contribution in [0.3, 0.4) is 0 Å². The van der Waals surface area contributed by atoms with Crippen LogP contribution in [-0.4, -0.2) is 18.1 Å². The summed E-state index contributed by atoms with van der Waals surface area (Å²) >= 11 is 0. The molecular formula is C19H21NO. The molecule has 0 saturated heterocycles. The summed E-state index contributed by atoms with van der Waals surface area (Å²) in [4.78, 5) is 2.28. The number of nitrogens with zero attached hydrogens (tertiary/aromatic N) is 1. The molecule has 2 heteroatoms. The lowest BCUT2D eigenvalue weighted by Gasteiger charge is -2.39. The molecule has 0 bridgehead atoms. The number of ether oxygens (including phenoxy) is 1. The van der Waals surface area contributed by atoms with Crippen molar-refractivity contribution in [2.24, 2.45) is 0 Å². The maximum Gasteiger partial charge on any atom is 0.182 e. The molecule has 1 unspecified atom stereocenters. The molecule has 21 heavy (non-hydrogen) atoms. The van der Waals surface area contributed by atoms with Gasteiger partial charge in [0.05, 0.1) is 12.6 Å². The van der Waals surface area contributed by atoms with E-state index in [1.165, 1.54) is 16.7 Å². The van der Waals surface area contributed by atoms with Gasteiger partial charge in [0, 0.05) is 6.54 Å². The van der Waals surface area contributed by atoms with E-state index in [1.54, 1.807) is 0 Å². The van der Waals surface area contributed by atoms with Crippen LogP contribution in [0.2, 0.25) is 0 Å². The van der Waals surface area contributed by atoms with Gasteiger partial charge in [-0.05, 0) is 36.6 Å². The summed E-state index contributed by atoms with van der Waals surface area (Å²) in [5.41, 5.74) is 4.06. The fraction of sp³-hybridized carbons (Fsp3) is 0.263. The number of fused-ring (bicyclic) bond motifs is 1. The van der Waals surface area contributed by atoms with E-state index in [2.05, 4.69) is 66.1 Å². The van der Waals surface area contributed by atoms with Gasteiger partial charge in [-0.2, -0.15) is 0 Å². The number of hydrogen-bond acceptors (Lipinski definition) is 2. The zero-order valence-electron chi connectivity index (χ0n) is 12.5. The zero-order valence-corrected chi connectivity index (χ0v) is 12.5. The maximum atomic E-state index is 5.68. The second-order valence-corrected chi connectivity index (χ2v) is 5.28. The third kappa shape index (κ3) is 2.66. The molecule has 2 nitrogen and oxygen atoms in total. The van der Waals surface area contributed by atoms with Crippen LogP contribution in [0.4, 0.5) is 0 Å². The van der Waals surface area contributed by atoms with E-state index in [9.17, 15) is 0 Å². The summed E-state index contributed by atoms with van der Waals surface area (Å²) in [7, 11) is 0. The lowest BCUT2D eigenvalue weighted by atomic mass is 9.88. The monoisotopic (exact) mass is 279 g/mol. The fourth-order valence-corrected chi connectivity index (χ4v) is 3.08. The van der Waals surface area contributed by atoms with Gasteiger partial charge in [-0.25, -0.2) is 0 Å². The van der Waals surface area contributed by atoms with Gasteiger partial charge in [0.1, 0.15) is 0 Å². The molecule has 1 heterocycles. The van der Waals surface area contributed by atoms with Crippen LogP contribution in [-0.2, 0) is 11.2 Å². The topological polar surface area (TPSA) is 12.5 Å². The highest BCUT2D eigenvalue weighted by Crippen LogP contribution is 2.37. The molecular weight excluding hydrogens is 258 g/mol. The highest BCUT2D eigenvalue weighted by Gasteiger charge is 2.29. The fourth-order valence-electron chi connectivity index (χ4n) is 3.08. The molecule has 2 aromatic rings. The van der Waals surface area contributed by atoms with E-state index in [4.69, 9.17) is 4.74 Å². The summed E-state index contributed by atoms with van der Waals surface area (Å²) in [5, 5.41) is 0. The van der Waals surface area contributed by atoms with E-state index in [-0.39, 0.29) is 6.04 Å². The van der Waals surface area contributed by atoms with Crippen molar-refractivity contribution in [1.82, 2.24) is 4.90 Å². The first-order chi connectivity index (χ1) is 10.3. The van der Waals surface area contributed by atoms with E-state index >= 15 is 0 Å². The van der Waals surface area contributed by atoms with Gasteiger partial charge in [-0.15, -0.1) is 0 Å². The molecule has 1 aliphatic rings. The number of benzene rings is 2. The molecule has 0 N–H and O–H groups in total. The van der Waals surface area contributed by atoms with Crippen molar-refractivity contribution in [3.63, 3.8) is 0 Å². The van der Waals surface area contributed by atoms with Crippen LogP contribution >= 0.6 is 0 Å². The minimum atomic E-state index is 0.190. The van der Waals surface area contributed by atoms with Gasteiger partial charge < -0.3 is 9.64 Å². The highest BCUT2D eigenvalue weighted by atomic mass is 16.5. The van der Waals surface area contributed by atoms with Crippen molar-refractivity contribution >= 4 is 0 Å². The summed E-state index contributed by atoms with van der Waals surface area (Å²) in [6.45, 7) is 7.71. The highest BCUT2D eigenvalue weighted by molar-refractivity contribution is 5.40. The molecule has 1 aliphatic heterocycles. The van der Waals surface area contributed by atoms with Crippen LogP contribution < -0.4 is 0 Å². The molecule has 0 spiro atoms. The Kier molecular flexibility index (Phi) is 3.96. The van der Waals surface area contributed by atoms with E-state index < -0.39 is 0 Å². The Labute approximate surface area is 126 Å². The molecule has 0 amide bonds. The zero-order chi connectivity index (χ0) is 14.7. The second kappa shape index (κ2) is 6.04. The average molecular weight is 279 g/mol. The minimum absolute atomic E-state index is 0.190. The molecule has 3 rings (SSSR count). The summed E-state index contributed by atoms with van der Waals surface area (Å²) in [6.07, 6.45) is 1.03. The predicted molar refractivity (Wildman–Crippen MR) is 85.9 cm³/mol. The lowest BCUT2D eigenvalue weighted by Crippen LogP contribution is -2.36. The Bertz CT molecular complexity index is 620. The minimum Gasteiger partial charge on any atom is -0.480 e. The van der Waals surface area contributed by atoms with E-state index in [0.717, 1.165) is 18.8 Å². The van der Waals surface area contributed by atoms with E-state index in [1.807, 2.05) is 6.92 Å². The normalized spacial score (nSPS) is 17.2. The van der Waals surface area contributed by atoms with Crippen molar-refractivity contribution < 1.29 is 4.74 Å². The van der Waals surface area contributed by atoms with Gasteiger partial charge in [0.25, 0.3) is 0 Å². The van der Waals surface area contributed by atoms with Gasteiger partial charge in [-0.1, -0.05) is 54.6 Å².